The lowest BCUT2D eigenvalue weighted by atomic mass is 10.0. The van der Waals surface area contributed by atoms with E-state index in [2.05, 4.69) is 31.9 Å². The predicted molar refractivity (Wildman–Crippen MR) is 98.7 cm³/mol. The van der Waals surface area contributed by atoms with Gasteiger partial charge in [-0.1, -0.05) is 0 Å². The molecular formula is C16H40N6O. The van der Waals surface area contributed by atoms with Crippen LogP contribution in [-0.4, -0.2) is 80.9 Å². The van der Waals surface area contributed by atoms with Crippen LogP contribution in [0.3, 0.4) is 0 Å². The van der Waals surface area contributed by atoms with Crippen molar-refractivity contribution in [3.05, 3.63) is 0 Å². The summed E-state index contributed by atoms with van der Waals surface area (Å²) in [5, 5.41) is 19.7. The molecule has 0 amide bonds. The molecule has 7 nitrogen and oxygen atoms in total. The van der Waals surface area contributed by atoms with Crippen molar-refractivity contribution in [1.82, 2.24) is 31.9 Å². The van der Waals surface area contributed by atoms with Crippen LogP contribution in [0.5, 0.6) is 0 Å². The van der Waals surface area contributed by atoms with Crippen LogP contribution in [-0.2, 0) is 4.74 Å². The molecule has 0 aromatic rings. The molecule has 6 N–H and O–H groups in total. The maximum absolute atomic E-state index is 6.41. The zero-order chi connectivity index (χ0) is 17.5. The van der Waals surface area contributed by atoms with Crippen molar-refractivity contribution in [2.45, 2.75) is 25.3 Å². The minimum absolute atomic E-state index is 0.0159. The molecule has 0 aromatic heterocycles. The molecule has 0 heterocycles. The van der Waals surface area contributed by atoms with E-state index >= 15 is 0 Å². The van der Waals surface area contributed by atoms with Crippen molar-refractivity contribution in [2.24, 2.45) is 11.8 Å². The summed E-state index contributed by atoms with van der Waals surface area (Å²) in [6.45, 7) is 3.82. The minimum Gasteiger partial charge on any atom is -0.345 e. The van der Waals surface area contributed by atoms with Crippen LogP contribution in [0.15, 0.2) is 0 Å². The Morgan fingerprint density at radius 1 is 0.609 bits per heavy atom. The lowest BCUT2D eigenvalue weighted by molar-refractivity contribution is -0.0943. The Kier molecular flexibility index (Phi) is 15.1. The van der Waals surface area contributed by atoms with E-state index < -0.39 is 0 Å². The number of rotatable bonds is 16. The Morgan fingerprint density at radius 3 is 1.26 bits per heavy atom. The summed E-state index contributed by atoms with van der Waals surface area (Å²) in [5.74, 6) is 0.820. The first-order valence-electron chi connectivity index (χ1n) is 8.76. The molecular weight excluding hydrogens is 292 g/mol. The number of hydrogen-bond acceptors (Lipinski definition) is 7. The summed E-state index contributed by atoms with van der Waals surface area (Å²) in [5.41, 5.74) is 0. The molecule has 4 unspecified atom stereocenters. The molecule has 0 aliphatic rings. The van der Waals surface area contributed by atoms with Gasteiger partial charge in [0.2, 0.25) is 0 Å². The normalized spacial score (nSPS) is 17.0. The first-order chi connectivity index (χ1) is 11.2. The molecule has 4 atom stereocenters. The van der Waals surface area contributed by atoms with Gasteiger partial charge in [0.25, 0.3) is 0 Å². The molecule has 0 saturated carbocycles. The van der Waals surface area contributed by atoms with Gasteiger partial charge in [0.15, 0.2) is 0 Å². The van der Waals surface area contributed by atoms with Gasteiger partial charge >= 0.3 is 0 Å². The summed E-state index contributed by atoms with van der Waals surface area (Å²) in [4.78, 5) is 0. The van der Waals surface area contributed by atoms with Gasteiger partial charge in [0.1, 0.15) is 12.5 Å². The molecule has 140 valence electrons. The van der Waals surface area contributed by atoms with E-state index in [-0.39, 0.29) is 12.5 Å². The second-order valence-corrected chi connectivity index (χ2v) is 5.97. The Morgan fingerprint density at radius 2 is 1.00 bits per heavy atom. The first kappa shape index (κ1) is 22.7. The standard InChI is InChI=1S/C16H40N6O/c1-17-9-7-13(11-19-3)15(21-5)23-16(22-6)14(12-20-4)8-10-18-2/h13-22H,7-12H2,1-6H3. The maximum Gasteiger partial charge on any atom is 0.114 e. The third kappa shape index (κ3) is 9.56. The largest absolute Gasteiger partial charge is 0.345 e. The summed E-state index contributed by atoms with van der Waals surface area (Å²) < 4.78 is 6.41. The molecule has 0 aliphatic carbocycles. The molecule has 0 aromatic carbocycles. The van der Waals surface area contributed by atoms with Crippen molar-refractivity contribution in [2.75, 3.05) is 68.5 Å². The summed E-state index contributed by atoms with van der Waals surface area (Å²) in [7, 11) is 11.9. The van der Waals surface area contributed by atoms with Gasteiger partial charge in [-0.25, -0.2) is 0 Å². The maximum atomic E-state index is 6.41. The summed E-state index contributed by atoms with van der Waals surface area (Å²) >= 11 is 0. The number of ether oxygens (including phenoxy) is 1. The highest BCUT2D eigenvalue weighted by Crippen LogP contribution is 2.16. The van der Waals surface area contributed by atoms with E-state index in [9.17, 15) is 0 Å². The van der Waals surface area contributed by atoms with Gasteiger partial charge in [-0.2, -0.15) is 0 Å². The zero-order valence-corrected chi connectivity index (χ0v) is 16.0. The van der Waals surface area contributed by atoms with E-state index in [1.54, 1.807) is 0 Å². The Hall–Kier alpha value is -0.280. The minimum atomic E-state index is 0.0159. The third-order valence-corrected chi connectivity index (χ3v) is 4.18. The van der Waals surface area contributed by atoms with Crippen molar-refractivity contribution in [3.8, 4) is 0 Å². The van der Waals surface area contributed by atoms with Crippen LogP contribution < -0.4 is 31.9 Å². The molecule has 0 spiro atoms. The van der Waals surface area contributed by atoms with Crippen LogP contribution in [0.25, 0.3) is 0 Å². The number of nitrogens with one attached hydrogen (secondary N) is 6. The molecule has 0 fully saturated rings. The number of hydrogen-bond donors (Lipinski definition) is 6. The molecule has 0 radical (unpaired) electrons. The molecule has 7 heteroatoms. The lowest BCUT2D eigenvalue weighted by Gasteiger charge is -2.34. The highest BCUT2D eigenvalue weighted by molar-refractivity contribution is 4.76. The van der Waals surface area contributed by atoms with Crippen LogP contribution in [0.4, 0.5) is 0 Å². The van der Waals surface area contributed by atoms with Crippen molar-refractivity contribution in [1.29, 1.82) is 0 Å². The Balaban J connectivity index is 4.81. The van der Waals surface area contributed by atoms with E-state index in [0.717, 1.165) is 39.0 Å². The fourth-order valence-electron chi connectivity index (χ4n) is 2.89. The fraction of sp³-hybridized carbons (Fsp3) is 1.00. The average Bonchev–Trinajstić information content (AvgIpc) is 2.57. The molecule has 23 heavy (non-hydrogen) atoms. The average molecular weight is 333 g/mol. The van der Waals surface area contributed by atoms with E-state index in [4.69, 9.17) is 4.74 Å². The molecule has 0 saturated heterocycles. The van der Waals surface area contributed by atoms with E-state index in [1.807, 2.05) is 42.3 Å². The SMILES string of the molecule is CNCCC(CNC)C(NC)OC(NC)C(CCNC)CNC. The topological polar surface area (TPSA) is 81.4 Å². The van der Waals surface area contributed by atoms with Crippen molar-refractivity contribution < 1.29 is 4.74 Å². The second-order valence-electron chi connectivity index (χ2n) is 5.97. The van der Waals surface area contributed by atoms with Crippen molar-refractivity contribution >= 4 is 0 Å². The quantitative estimate of drug-likeness (QED) is 0.202. The van der Waals surface area contributed by atoms with Gasteiger partial charge in [-0.3, -0.25) is 10.6 Å². The van der Waals surface area contributed by atoms with Crippen molar-refractivity contribution in [3.63, 3.8) is 0 Å². The van der Waals surface area contributed by atoms with Gasteiger partial charge in [0, 0.05) is 24.9 Å². The first-order valence-corrected chi connectivity index (χ1v) is 8.76. The molecule has 0 rings (SSSR count). The summed E-state index contributed by atoms with van der Waals surface area (Å²) in [6.07, 6.45) is 2.16. The smallest absolute Gasteiger partial charge is 0.114 e. The van der Waals surface area contributed by atoms with Gasteiger partial charge in [0.05, 0.1) is 0 Å². The summed E-state index contributed by atoms with van der Waals surface area (Å²) in [6, 6.07) is 0. The molecule has 0 aliphatic heterocycles. The van der Waals surface area contributed by atoms with E-state index in [0.29, 0.717) is 11.8 Å². The van der Waals surface area contributed by atoms with E-state index in [1.165, 1.54) is 0 Å². The zero-order valence-electron chi connectivity index (χ0n) is 16.0. The monoisotopic (exact) mass is 332 g/mol. The van der Waals surface area contributed by atoms with Gasteiger partial charge in [-0.15, -0.1) is 0 Å². The Bertz CT molecular complexity index is 233. The van der Waals surface area contributed by atoms with Crippen LogP contribution in [0.1, 0.15) is 12.8 Å². The second kappa shape index (κ2) is 15.3. The van der Waals surface area contributed by atoms with Crippen LogP contribution in [0.2, 0.25) is 0 Å². The van der Waals surface area contributed by atoms with Gasteiger partial charge < -0.3 is 26.0 Å². The fourth-order valence-corrected chi connectivity index (χ4v) is 2.89. The highest BCUT2D eigenvalue weighted by Gasteiger charge is 2.27. The lowest BCUT2D eigenvalue weighted by Crippen LogP contribution is -2.50. The highest BCUT2D eigenvalue weighted by atomic mass is 16.5. The third-order valence-electron chi connectivity index (χ3n) is 4.18. The van der Waals surface area contributed by atoms with Gasteiger partial charge in [-0.05, 0) is 68.2 Å². The van der Waals surface area contributed by atoms with Crippen LogP contribution >= 0.6 is 0 Å². The molecule has 0 bridgehead atoms. The van der Waals surface area contributed by atoms with Crippen LogP contribution in [0, 0.1) is 11.8 Å². The Labute approximate surface area is 143 Å². The predicted octanol–water partition coefficient (Wildman–Crippen LogP) is -1.02.